The fraction of sp³-hybridized carbons (Fsp3) is 1.00. The van der Waals surface area contributed by atoms with Crippen LogP contribution < -0.4 is 5.32 Å². The van der Waals surface area contributed by atoms with Gasteiger partial charge < -0.3 is 15.1 Å². The van der Waals surface area contributed by atoms with Crippen molar-refractivity contribution in [2.45, 2.75) is 53.0 Å². The number of hydrogen-bond acceptors (Lipinski definition) is 3. The van der Waals surface area contributed by atoms with E-state index in [1.54, 1.807) is 0 Å². The Kier molecular flexibility index (Phi) is 7.33. The van der Waals surface area contributed by atoms with Crippen molar-refractivity contribution in [2.24, 2.45) is 5.92 Å². The summed E-state index contributed by atoms with van der Waals surface area (Å²) in [5, 5.41) is 3.65. The normalized spacial score (nSPS) is 19.3. The Labute approximate surface area is 120 Å². The van der Waals surface area contributed by atoms with E-state index < -0.39 is 0 Å². The van der Waals surface area contributed by atoms with Gasteiger partial charge in [0, 0.05) is 18.6 Å². The van der Waals surface area contributed by atoms with Crippen LogP contribution in [-0.2, 0) is 0 Å². The van der Waals surface area contributed by atoms with E-state index in [1.807, 2.05) is 0 Å². The van der Waals surface area contributed by atoms with Crippen LogP contribution in [0, 0.1) is 5.92 Å². The number of piperidine rings is 1. The summed E-state index contributed by atoms with van der Waals surface area (Å²) < 4.78 is 0. The zero-order valence-electron chi connectivity index (χ0n) is 13.8. The molecule has 1 aliphatic rings. The van der Waals surface area contributed by atoms with E-state index in [0.717, 1.165) is 5.92 Å². The van der Waals surface area contributed by atoms with Crippen molar-refractivity contribution in [3.63, 3.8) is 0 Å². The Morgan fingerprint density at radius 1 is 1.11 bits per heavy atom. The molecular formula is C16H35N3. The number of nitrogens with zero attached hydrogens (tertiary/aromatic N) is 2. The van der Waals surface area contributed by atoms with Gasteiger partial charge in [0.1, 0.15) is 0 Å². The molecule has 0 saturated carbocycles. The van der Waals surface area contributed by atoms with Crippen LogP contribution in [0.2, 0.25) is 0 Å². The highest BCUT2D eigenvalue weighted by atomic mass is 15.2. The molecule has 0 aromatic rings. The molecule has 0 atom stereocenters. The summed E-state index contributed by atoms with van der Waals surface area (Å²) in [4.78, 5) is 5.17. The first-order valence-corrected chi connectivity index (χ1v) is 8.14. The Bertz CT molecular complexity index is 223. The van der Waals surface area contributed by atoms with Gasteiger partial charge in [-0.1, -0.05) is 13.8 Å². The van der Waals surface area contributed by atoms with Gasteiger partial charge >= 0.3 is 0 Å². The van der Waals surface area contributed by atoms with Gasteiger partial charge in [0.25, 0.3) is 0 Å². The van der Waals surface area contributed by atoms with Gasteiger partial charge in [0.05, 0.1) is 0 Å². The fourth-order valence-electron chi connectivity index (χ4n) is 2.69. The lowest BCUT2D eigenvalue weighted by atomic mass is 9.95. The summed E-state index contributed by atoms with van der Waals surface area (Å²) in [7, 11) is 0. The van der Waals surface area contributed by atoms with Crippen molar-refractivity contribution in [2.75, 3.05) is 45.8 Å². The molecule has 1 N–H and O–H groups in total. The van der Waals surface area contributed by atoms with Crippen LogP contribution in [0.25, 0.3) is 0 Å². The van der Waals surface area contributed by atoms with Crippen LogP contribution in [0.4, 0.5) is 0 Å². The third-order valence-electron chi connectivity index (χ3n) is 4.26. The SMILES string of the molecule is CCN(CC)CCN1CCC(CNC(C)(C)C)CC1. The highest BCUT2D eigenvalue weighted by Crippen LogP contribution is 2.17. The number of hydrogen-bond donors (Lipinski definition) is 1. The van der Waals surface area contributed by atoms with Crippen molar-refractivity contribution >= 4 is 0 Å². The van der Waals surface area contributed by atoms with Crippen LogP contribution in [0.3, 0.4) is 0 Å². The van der Waals surface area contributed by atoms with Crippen LogP contribution in [0.15, 0.2) is 0 Å². The second kappa shape index (κ2) is 8.23. The maximum Gasteiger partial charge on any atom is 0.0109 e. The molecule has 1 rings (SSSR count). The molecule has 0 aliphatic carbocycles. The molecule has 0 aromatic heterocycles. The van der Waals surface area contributed by atoms with E-state index in [4.69, 9.17) is 0 Å². The summed E-state index contributed by atoms with van der Waals surface area (Å²) in [6.07, 6.45) is 2.72. The second-order valence-corrected chi connectivity index (χ2v) is 6.94. The van der Waals surface area contributed by atoms with E-state index >= 15 is 0 Å². The molecular weight excluding hydrogens is 234 g/mol. The van der Waals surface area contributed by atoms with Gasteiger partial charge in [-0.3, -0.25) is 0 Å². The fourth-order valence-corrected chi connectivity index (χ4v) is 2.69. The minimum atomic E-state index is 0.264. The lowest BCUT2D eigenvalue weighted by Gasteiger charge is -2.34. The lowest BCUT2D eigenvalue weighted by Crippen LogP contribution is -2.44. The molecule has 19 heavy (non-hydrogen) atoms. The zero-order chi connectivity index (χ0) is 14.3. The molecule has 0 amide bonds. The van der Waals surface area contributed by atoms with Crippen molar-refractivity contribution in [3.05, 3.63) is 0 Å². The van der Waals surface area contributed by atoms with Gasteiger partial charge in [-0.2, -0.15) is 0 Å². The molecule has 3 heteroatoms. The standard InChI is InChI=1S/C16H35N3/c1-6-18(7-2)12-13-19-10-8-15(9-11-19)14-17-16(3,4)5/h15,17H,6-14H2,1-5H3. The molecule has 0 unspecified atom stereocenters. The van der Waals surface area contributed by atoms with E-state index in [0.29, 0.717) is 0 Å². The number of likely N-dealkylation sites (tertiary alicyclic amines) is 1. The van der Waals surface area contributed by atoms with Crippen LogP contribution in [0.1, 0.15) is 47.5 Å². The average molecular weight is 269 g/mol. The predicted octanol–water partition coefficient (Wildman–Crippen LogP) is 2.43. The summed E-state index contributed by atoms with van der Waals surface area (Å²) in [6, 6.07) is 0. The Morgan fingerprint density at radius 2 is 1.68 bits per heavy atom. The van der Waals surface area contributed by atoms with E-state index in [-0.39, 0.29) is 5.54 Å². The van der Waals surface area contributed by atoms with Crippen molar-refractivity contribution < 1.29 is 0 Å². The molecule has 1 fully saturated rings. The summed E-state index contributed by atoms with van der Waals surface area (Å²) >= 11 is 0. The number of likely N-dealkylation sites (N-methyl/N-ethyl adjacent to an activating group) is 1. The van der Waals surface area contributed by atoms with Crippen LogP contribution in [0.5, 0.6) is 0 Å². The minimum Gasteiger partial charge on any atom is -0.312 e. The van der Waals surface area contributed by atoms with Crippen LogP contribution in [-0.4, -0.2) is 61.2 Å². The zero-order valence-corrected chi connectivity index (χ0v) is 13.8. The Balaban J connectivity index is 2.15. The number of rotatable bonds is 7. The highest BCUT2D eigenvalue weighted by Gasteiger charge is 2.20. The van der Waals surface area contributed by atoms with E-state index in [9.17, 15) is 0 Å². The first kappa shape index (κ1) is 16.9. The first-order valence-electron chi connectivity index (χ1n) is 8.14. The summed E-state index contributed by atoms with van der Waals surface area (Å²) in [6.45, 7) is 19.9. The van der Waals surface area contributed by atoms with Crippen molar-refractivity contribution in [1.29, 1.82) is 0 Å². The van der Waals surface area contributed by atoms with Gasteiger partial charge in [0.15, 0.2) is 0 Å². The van der Waals surface area contributed by atoms with Gasteiger partial charge in [-0.15, -0.1) is 0 Å². The lowest BCUT2D eigenvalue weighted by molar-refractivity contribution is 0.155. The maximum atomic E-state index is 3.65. The predicted molar refractivity (Wildman–Crippen MR) is 84.7 cm³/mol. The third kappa shape index (κ3) is 7.28. The Morgan fingerprint density at radius 3 is 2.16 bits per heavy atom. The topological polar surface area (TPSA) is 18.5 Å². The maximum absolute atomic E-state index is 3.65. The van der Waals surface area contributed by atoms with Gasteiger partial charge in [-0.05, 0) is 72.3 Å². The minimum absolute atomic E-state index is 0.264. The molecule has 1 saturated heterocycles. The van der Waals surface area contributed by atoms with Crippen molar-refractivity contribution in [3.8, 4) is 0 Å². The quantitative estimate of drug-likeness (QED) is 0.766. The molecule has 0 radical (unpaired) electrons. The first-order chi connectivity index (χ1) is 8.94. The Hall–Kier alpha value is -0.120. The van der Waals surface area contributed by atoms with E-state index in [1.165, 1.54) is 58.7 Å². The third-order valence-corrected chi connectivity index (χ3v) is 4.26. The summed E-state index contributed by atoms with van der Waals surface area (Å²) in [5.41, 5.74) is 0.264. The molecule has 0 aromatic carbocycles. The monoisotopic (exact) mass is 269 g/mol. The van der Waals surface area contributed by atoms with Crippen molar-refractivity contribution in [1.82, 2.24) is 15.1 Å². The van der Waals surface area contributed by atoms with Gasteiger partial charge in [0.2, 0.25) is 0 Å². The largest absolute Gasteiger partial charge is 0.312 e. The molecule has 0 spiro atoms. The molecule has 0 bridgehead atoms. The smallest absolute Gasteiger partial charge is 0.0109 e. The van der Waals surface area contributed by atoms with Gasteiger partial charge in [-0.25, -0.2) is 0 Å². The number of nitrogens with one attached hydrogen (secondary N) is 1. The summed E-state index contributed by atoms with van der Waals surface area (Å²) in [5.74, 6) is 0.879. The molecule has 3 nitrogen and oxygen atoms in total. The van der Waals surface area contributed by atoms with E-state index in [2.05, 4.69) is 49.7 Å². The molecule has 114 valence electrons. The molecule has 1 heterocycles. The second-order valence-electron chi connectivity index (χ2n) is 6.94. The molecule has 1 aliphatic heterocycles. The van der Waals surface area contributed by atoms with Crippen LogP contribution >= 0.6 is 0 Å². The average Bonchev–Trinajstić information content (AvgIpc) is 2.38. The highest BCUT2D eigenvalue weighted by molar-refractivity contribution is 4.78.